The van der Waals surface area contributed by atoms with E-state index in [4.69, 9.17) is 4.74 Å². The van der Waals surface area contributed by atoms with Gasteiger partial charge in [0.25, 0.3) is 0 Å². The number of fused-ring (bicyclic) bond motifs is 1. The van der Waals surface area contributed by atoms with Gasteiger partial charge in [-0.25, -0.2) is 9.59 Å². The minimum Gasteiger partial charge on any atom is -0.496 e. The zero-order valence-electron chi connectivity index (χ0n) is 15.3. The Bertz CT molecular complexity index is 961. The normalized spacial score (nSPS) is 10.7. The Morgan fingerprint density at radius 3 is 2.67 bits per heavy atom. The van der Waals surface area contributed by atoms with E-state index < -0.39 is 0 Å². The zero-order chi connectivity index (χ0) is 19.1. The molecule has 1 aromatic heterocycles. The lowest BCUT2D eigenvalue weighted by Gasteiger charge is -2.10. The minimum absolute atomic E-state index is 0.127. The maximum atomic E-state index is 12.0. The van der Waals surface area contributed by atoms with Crippen molar-refractivity contribution in [2.24, 2.45) is 0 Å². The molecule has 7 heteroatoms. The smallest absolute Gasteiger partial charge is 0.326 e. The van der Waals surface area contributed by atoms with Gasteiger partial charge in [0, 0.05) is 19.6 Å². The van der Waals surface area contributed by atoms with Gasteiger partial charge in [-0.3, -0.25) is 4.57 Å². The monoisotopic (exact) mass is 368 g/mol. The van der Waals surface area contributed by atoms with Crippen LogP contribution in [0.25, 0.3) is 11.0 Å². The van der Waals surface area contributed by atoms with E-state index in [-0.39, 0.29) is 11.7 Å². The highest BCUT2D eigenvalue weighted by Crippen LogP contribution is 2.17. The number of benzene rings is 2. The molecule has 0 saturated heterocycles. The lowest BCUT2D eigenvalue weighted by atomic mass is 10.1. The number of imidazole rings is 1. The Morgan fingerprint density at radius 2 is 1.81 bits per heavy atom. The first kappa shape index (κ1) is 18.6. The molecule has 0 saturated carbocycles. The number of hydrogen-bond acceptors (Lipinski definition) is 3. The van der Waals surface area contributed by atoms with Crippen LogP contribution >= 0.6 is 0 Å². The van der Waals surface area contributed by atoms with E-state index in [1.807, 2.05) is 48.5 Å². The third-order valence-electron chi connectivity index (χ3n) is 4.40. The second-order valence-corrected chi connectivity index (χ2v) is 6.20. The number of aromatic nitrogens is 2. The van der Waals surface area contributed by atoms with E-state index >= 15 is 0 Å². The topological polar surface area (TPSA) is 88.2 Å². The van der Waals surface area contributed by atoms with E-state index in [0.717, 1.165) is 22.3 Å². The molecule has 3 N–H and O–H groups in total. The van der Waals surface area contributed by atoms with Crippen molar-refractivity contribution in [1.82, 2.24) is 20.2 Å². The van der Waals surface area contributed by atoms with Crippen molar-refractivity contribution < 1.29 is 9.53 Å². The molecular weight excluding hydrogens is 344 g/mol. The van der Waals surface area contributed by atoms with Crippen LogP contribution < -0.4 is 21.1 Å². The highest BCUT2D eigenvalue weighted by Gasteiger charge is 2.06. The average Bonchev–Trinajstić information content (AvgIpc) is 3.01. The van der Waals surface area contributed by atoms with Crippen LogP contribution in [0.2, 0.25) is 0 Å². The third-order valence-corrected chi connectivity index (χ3v) is 4.40. The summed E-state index contributed by atoms with van der Waals surface area (Å²) >= 11 is 0. The lowest BCUT2D eigenvalue weighted by Crippen LogP contribution is -2.37. The Labute approximate surface area is 157 Å². The molecule has 2 aromatic carbocycles. The molecule has 0 unspecified atom stereocenters. The van der Waals surface area contributed by atoms with Crippen LogP contribution in [0, 0.1) is 0 Å². The lowest BCUT2D eigenvalue weighted by molar-refractivity contribution is 0.240. The number of nitrogens with one attached hydrogen (secondary N) is 3. The number of methoxy groups -OCH3 is 1. The molecule has 142 valence electrons. The van der Waals surface area contributed by atoms with Crippen LogP contribution in [0.5, 0.6) is 5.75 Å². The van der Waals surface area contributed by atoms with Crippen LogP contribution in [0.15, 0.2) is 53.3 Å². The van der Waals surface area contributed by atoms with Crippen molar-refractivity contribution in [3.8, 4) is 5.75 Å². The van der Waals surface area contributed by atoms with E-state index in [1.165, 1.54) is 0 Å². The summed E-state index contributed by atoms with van der Waals surface area (Å²) in [7, 11) is 1.64. The zero-order valence-corrected chi connectivity index (χ0v) is 15.3. The fraction of sp³-hybridized carbons (Fsp3) is 0.300. The van der Waals surface area contributed by atoms with Gasteiger partial charge >= 0.3 is 11.7 Å². The maximum absolute atomic E-state index is 12.0. The van der Waals surface area contributed by atoms with E-state index in [0.29, 0.717) is 32.5 Å². The summed E-state index contributed by atoms with van der Waals surface area (Å²) < 4.78 is 6.99. The molecule has 0 atom stereocenters. The van der Waals surface area contributed by atoms with E-state index in [1.54, 1.807) is 11.7 Å². The van der Waals surface area contributed by atoms with Crippen LogP contribution in [-0.2, 0) is 13.0 Å². The van der Waals surface area contributed by atoms with Gasteiger partial charge in [-0.15, -0.1) is 0 Å². The van der Waals surface area contributed by atoms with Gasteiger partial charge in [-0.1, -0.05) is 30.3 Å². The predicted molar refractivity (Wildman–Crippen MR) is 105 cm³/mol. The average molecular weight is 368 g/mol. The van der Waals surface area contributed by atoms with E-state index in [2.05, 4.69) is 15.6 Å². The first-order valence-corrected chi connectivity index (χ1v) is 9.00. The number of rotatable bonds is 8. The molecule has 0 aliphatic carbocycles. The number of aromatic amines is 1. The van der Waals surface area contributed by atoms with Gasteiger partial charge in [-0.05, 0) is 36.6 Å². The molecule has 7 nitrogen and oxygen atoms in total. The van der Waals surface area contributed by atoms with Crippen molar-refractivity contribution in [3.05, 3.63) is 64.6 Å². The van der Waals surface area contributed by atoms with Crippen LogP contribution in [0.3, 0.4) is 0 Å². The van der Waals surface area contributed by atoms with Crippen molar-refractivity contribution in [3.63, 3.8) is 0 Å². The second-order valence-electron chi connectivity index (χ2n) is 6.20. The molecule has 27 heavy (non-hydrogen) atoms. The molecule has 0 aliphatic heterocycles. The molecule has 3 rings (SSSR count). The number of hydrogen-bond donors (Lipinski definition) is 3. The Balaban J connectivity index is 1.39. The summed E-state index contributed by atoms with van der Waals surface area (Å²) in [6.07, 6.45) is 1.36. The highest BCUT2D eigenvalue weighted by atomic mass is 16.5. The predicted octanol–water partition coefficient (Wildman–Crippen LogP) is 2.27. The first-order valence-electron chi connectivity index (χ1n) is 9.00. The van der Waals surface area contributed by atoms with E-state index in [9.17, 15) is 9.59 Å². The van der Waals surface area contributed by atoms with Crippen LogP contribution in [-0.4, -0.2) is 35.8 Å². The molecule has 0 aliphatic rings. The Morgan fingerprint density at radius 1 is 1.07 bits per heavy atom. The van der Waals surface area contributed by atoms with Gasteiger partial charge in [0.2, 0.25) is 0 Å². The second kappa shape index (κ2) is 8.93. The van der Waals surface area contributed by atoms with Gasteiger partial charge < -0.3 is 20.4 Å². The molecule has 2 amide bonds. The Hall–Kier alpha value is -3.22. The molecule has 1 heterocycles. The summed E-state index contributed by atoms with van der Waals surface area (Å²) in [5.41, 5.74) is 2.63. The molecule has 0 radical (unpaired) electrons. The molecular formula is C20H24N4O3. The van der Waals surface area contributed by atoms with Crippen LogP contribution in [0.4, 0.5) is 4.79 Å². The number of carbonyl (C=O) groups is 1. The number of aryl methyl sites for hydroxylation is 1. The SMILES string of the molecule is COc1ccccc1CCNC(=O)NCCCn1c(=O)[nH]c2ccccc21. The van der Waals surface area contributed by atoms with Crippen molar-refractivity contribution in [2.45, 2.75) is 19.4 Å². The number of carbonyl (C=O) groups excluding carboxylic acids is 1. The maximum Gasteiger partial charge on any atom is 0.326 e. The minimum atomic E-state index is -0.212. The van der Waals surface area contributed by atoms with Gasteiger partial charge in [0.15, 0.2) is 0 Å². The summed E-state index contributed by atoms with van der Waals surface area (Å²) in [6.45, 7) is 1.56. The number of para-hydroxylation sites is 3. The van der Waals surface area contributed by atoms with Crippen molar-refractivity contribution in [2.75, 3.05) is 20.2 Å². The largest absolute Gasteiger partial charge is 0.496 e. The van der Waals surface area contributed by atoms with Gasteiger partial charge in [-0.2, -0.15) is 0 Å². The standard InChI is InChI=1S/C20H24N4O3/c1-27-18-10-5-2-7-15(18)11-13-22-19(25)21-12-6-14-24-17-9-4-3-8-16(17)23-20(24)26/h2-5,7-10H,6,11-14H2,1H3,(H,23,26)(H2,21,22,25). The number of urea groups is 1. The number of ether oxygens (including phenoxy) is 1. The third kappa shape index (κ3) is 4.69. The number of H-pyrrole nitrogens is 1. The van der Waals surface area contributed by atoms with Crippen LogP contribution in [0.1, 0.15) is 12.0 Å². The van der Waals surface area contributed by atoms with Crippen molar-refractivity contribution >= 4 is 17.1 Å². The number of amides is 2. The molecule has 0 fully saturated rings. The summed E-state index contributed by atoms with van der Waals surface area (Å²) in [5.74, 6) is 0.823. The Kier molecular flexibility index (Phi) is 6.14. The molecule has 3 aromatic rings. The van der Waals surface area contributed by atoms with Crippen molar-refractivity contribution in [1.29, 1.82) is 0 Å². The summed E-state index contributed by atoms with van der Waals surface area (Å²) in [5, 5.41) is 5.66. The number of nitrogens with zero attached hydrogens (tertiary/aromatic N) is 1. The fourth-order valence-corrected chi connectivity index (χ4v) is 3.05. The molecule has 0 spiro atoms. The van der Waals surface area contributed by atoms with Gasteiger partial charge in [0.05, 0.1) is 18.1 Å². The molecule has 0 bridgehead atoms. The fourth-order valence-electron chi connectivity index (χ4n) is 3.05. The summed E-state index contributed by atoms with van der Waals surface area (Å²) in [4.78, 5) is 26.7. The quantitative estimate of drug-likeness (QED) is 0.533. The summed E-state index contributed by atoms with van der Waals surface area (Å²) in [6, 6.07) is 15.1. The highest BCUT2D eigenvalue weighted by molar-refractivity contribution is 5.75. The van der Waals surface area contributed by atoms with Gasteiger partial charge in [0.1, 0.15) is 5.75 Å². The first-order chi connectivity index (χ1) is 13.2.